The number of carbonyl (C=O) groups excluding carboxylic acids is 1. The molecule has 0 aliphatic rings. The first-order chi connectivity index (χ1) is 16.1. The molecule has 0 bridgehead atoms. The molecule has 166 valence electrons. The topological polar surface area (TPSA) is 135 Å². The SMILES string of the molecule is COc1cc(C#N)ccc1OCCCC(=O)Nc1ccccc1-n1ncc2c(=O)[nH]cnc21. The molecule has 33 heavy (non-hydrogen) atoms. The lowest BCUT2D eigenvalue weighted by Crippen LogP contribution is -2.15. The van der Waals surface area contributed by atoms with Crippen LogP contribution in [0.25, 0.3) is 16.7 Å². The molecule has 0 atom stereocenters. The van der Waals surface area contributed by atoms with Crippen LogP contribution in [-0.2, 0) is 4.79 Å². The number of nitrogens with one attached hydrogen (secondary N) is 2. The summed E-state index contributed by atoms with van der Waals surface area (Å²) in [5.41, 5.74) is 1.72. The van der Waals surface area contributed by atoms with Gasteiger partial charge in [-0.1, -0.05) is 12.1 Å². The van der Waals surface area contributed by atoms with Crippen LogP contribution in [0, 0.1) is 11.3 Å². The van der Waals surface area contributed by atoms with Gasteiger partial charge in [0.25, 0.3) is 5.56 Å². The molecule has 2 N–H and O–H groups in total. The van der Waals surface area contributed by atoms with E-state index in [0.29, 0.717) is 52.5 Å². The van der Waals surface area contributed by atoms with E-state index in [-0.39, 0.29) is 17.9 Å². The highest BCUT2D eigenvalue weighted by Gasteiger charge is 2.14. The maximum Gasteiger partial charge on any atom is 0.261 e. The molecule has 1 amide bonds. The highest BCUT2D eigenvalue weighted by molar-refractivity contribution is 5.93. The second-order valence-electron chi connectivity index (χ2n) is 7.02. The summed E-state index contributed by atoms with van der Waals surface area (Å²) in [6.07, 6.45) is 3.45. The number of anilines is 1. The number of carbonyl (C=O) groups is 1. The molecule has 2 heterocycles. The number of hydrogen-bond donors (Lipinski definition) is 2. The molecule has 0 saturated heterocycles. The molecule has 0 saturated carbocycles. The van der Waals surface area contributed by atoms with Gasteiger partial charge in [-0.2, -0.15) is 10.4 Å². The standard InChI is InChI=1S/C23H20N6O4/c1-32-20-11-15(12-24)8-9-19(20)33-10-4-7-21(30)28-17-5-2-3-6-18(17)29-22-16(13-27-29)23(31)26-14-25-22/h2-3,5-6,8-9,11,13-14H,4,7,10H2,1H3,(H,28,30)(H,25,26,31). The van der Waals surface area contributed by atoms with Crippen LogP contribution in [0.5, 0.6) is 11.5 Å². The van der Waals surface area contributed by atoms with Crippen molar-refractivity contribution in [2.75, 3.05) is 19.0 Å². The Morgan fingerprint density at radius 1 is 1.24 bits per heavy atom. The zero-order chi connectivity index (χ0) is 23.2. The Morgan fingerprint density at radius 3 is 2.91 bits per heavy atom. The summed E-state index contributed by atoms with van der Waals surface area (Å²) in [5, 5.41) is 16.5. The van der Waals surface area contributed by atoms with Gasteiger partial charge in [-0.05, 0) is 30.7 Å². The molecule has 0 unspecified atom stereocenters. The average Bonchev–Trinajstić information content (AvgIpc) is 3.27. The number of H-pyrrole nitrogens is 1. The molecule has 10 nitrogen and oxygen atoms in total. The molecule has 0 radical (unpaired) electrons. The zero-order valence-electron chi connectivity index (χ0n) is 17.7. The Hall–Kier alpha value is -4.65. The number of aromatic nitrogens is 4. The van der Waals surface area contributed by atoms with Gasteiger partial charge in [-0.15, -0.1) is 0 Å². The maximum absolute atomic E-state index is 12.5. The van der Waals surface area contributed by atoms with Crippen molar-refractivity contribution in [2.45, 2.75) is 12.8 Å². The number of nitrogens with zero attached hydrogens (tertiary/aromatic N) is 4. The van der Waals surface area contributed by atoms with Gasteiger partial charge >= 0.3 is 0 Å². The average molecular weight is 444 g/mol. The van der Waals surface area contributed by atoms with Crippen LogP contribution in [0.1, 0.15) is 18.4 Å². The quantitative estimate of drug-likeness (QED) is 0.399. The number of methoxy groups -OCH3 is 1. The van der Waals surface area contributed by atoms with Crippen LogP contribution in [0.15, 0.2) is 59.8 Å². The second-order valence-corrected chi connectivity index (χ2v) is 7.02. The van der Waals surface area contributed by atoms with E-state index in [4.69, 9.17) is 14.7 Å². The fourth-order valence-electron chi connectivity index (χ4n) is 3.28. The Balaban J connectivity index is 1.40. The number of amides is 1. The summed E-state index contributed by atoms with van der Waals surface area (Å²) < 4.78 is 12.5. The van der Waals surface area contributed by atoms with Gasteiger partial charge in [0.05, 0.1) is 49.2 Å². The predicted molar refractivity (Wildman–Crippen MR) is 121 cm³/mol. The van der Waals surface area contributed by atoms with Crippen LogP contribution in [-0.4, -0.2) is 39.4 Å². The van der Waals surface area contributed by atoms with E-state index in [1.807, 2.05) is 12.1 Å². The Morgan fingerprint density at radius 2 is 2.09 bits per heavy atom. The number of rotatable bonds is 8. The minimum absolute atomic E-state index is 0.194. The molecule has 4 aromatic rings. The fraction of sp³-hybridized carbons (Fsp3) is 0.174. The van der Waals surface area contributed by atoms with Gasteiger partial charge < -0.3 is 19.8 Å². The predicted octanol–water partition coefficient (Wildman–Crippen LogP) is 2.79. The molecule has 10 heteroatoms. The number of fused-ring (bicyclic) bond motifs is 1. The van der Waals surface area contributed by atoms with Gasteiger partial charge in [-0.25, -0.2) is 9.67 Å². The van der Waals surface area contributed by atoms with Crippen molar-refractivity contribution < 1.29 is 14.3 Å². The summed E-state index contributed by atoms with van der Waals surface area (Å²) in [5.74, 6) is 0.779. The molecule has 0 spiro atoms. The summed E-state index contributed by atoms with van der Waals surface area (Å²) in [6.45, 7) is 0.299. The molecule has 4 rings (SSSR count). The van der Waals surface area contributed by atoms with Crippen LogP contribution in [0.4, 0.5) is 5.69 Å². The van der Waals surface area contributed by atoms with Crippen molar-refractivity contribution in [3.63, 3.8) is 0 Å². The number of ether oxygens (including phenoxy) is 2. The van der Waals surface area contributed by atoms with Crippen LogP contribution < -0.4 is 20.3 Å². The molecular weight excluding hydrogens is 424 g/mol. The monoisotopic (exact) mass is 444 g/mol. The highest BCUT2D eigenvalue weighted by Crippen LogP contribution is 2.28. The van der Waals surface area contributed by atoms with E-state index in [2.05, 4.69) is 20.4 Å². The first kappa shape index (κ1) is 21.6. The van der Waals surface area contributed by atoms with E-state index in [1.165, 1.54) is 24.3 Å². The Kier molecular flexibility index (Phi) is 6.31. The van der Waals surface area contributed by atoms with Gasteiger partial charge in [-0.3, -0.25) is 9.59 Å². The largest absolute Gasteiger partial charge is 0.493 e. The van der Waals surface area contributed by atoms with Crippen molar-refractivity contribution in [3.8, 4) is 23.3 Å². The zero-order valence-corrected chi connectivity index (χ0v) is 17.7. The normalized spacial score (nSPS) is 10.5. The highest BCUT2D eigenvalue weighted by atomic mass is 16.5. The summed E-state index contributed by atoms with van der Waals surface area (Å²) in [6, 6.07) is 14.1. The third kappa shape index (κ3) is 4.67. The molecule has 0 aliphatic carbocycles. The first-order valence-electron chi connectivity index (χ1n) is 10.1. The van der Waals surface area contributed by atoms with Crippen molar-refractivity contribution in [3.05, 3.63) is 70.9 Å². The minimum atomic E-state index is -0.285. The molecule has 2 aromatic heterocycles. The summed E-state index contributed by atoms with van der Waals surface area (Å²) in [7, 11) is 1.50. The summed E-state index contributed by atoms with van der Waals surface area (Å²) in [4.78, 5) is 31.2. The number of benzene rings is 2. The van der Waals surface area contributed by atoms with Crippen LogP contribution >= 0.6 is 0 Å². The second kappa shape index (κ2) is 9.65. The third-order valence-electron chi connectivity index (χ3n) is 4.88. The lowest BCUT2D eigenvalue weighted by atomic mass is 10.2. The van der Waals surface area contributed by atoms with Crippen LogP contribution in [0.2, 0.25) is 0 Å². The van der Waals surface area contributed by atoms with E-state index < -0.39 is 0 Å². The number of aromatic amines is 1. The van der Waals surface area contributed by atoms with E-state index in [0.717, 1.165) is 0 Å². The maximum atomic E-state index is 12.5. The van der Waals surface area contributed by atoms with Gasteiger partial charge in [0.2, 0.25) is 5.91 Å². The van der Waals surface area contributed by atoms with Gasteiger partial charge in [0.15, 0.2) is 17.1 Å². The molecule has 2 aromatic carbocycles. The third-order valence-corrected chi connectivity index (χ3v) is 4.88. The molecule has 0 fully saturated rings. The van der Waals surface area contributed by atoms with Gasteiger partial charge in [0.1, 0.15) is 5.39 Å². The van der Waals surface area contributed by atoms with E-state index in [1.54, 1.807) is 36.4 Å². The van der Waals surface area contributed by atoms with Crippen molar-refractivity contribution in [2.24, 2.45) is 0 Å². The van der Waals surface area contributed by atoms with Crippen LogP contribution in [0.3, 0.4) is 0 Å². The first-order valence-corrected chi connectivity index (χ1v) is 10.1. The minimum Gasteiger partial charge on any atom is -0.493 e. The van der Waals surface area contributed by atoms with E-state index in [9.17, 15) is 9.59 Å². The van der Waals surface area contributed by atoms with Gasteiger partial charge in [0, 0.05) is 12.5 Å². The molecular formula is C23H20N6O4. The molecule has 0 aliphatic heterocycles. The number of hydrogen-bond acceptors (Lipinski definition) is 7. The fourth-order valence-corrected chi connectivity index (χ4v) is 3.28. The van der Waals surface area contributed by atoms with Crippen molar-refractivity contribution in [1.29, 1.82) is 5.26 Å². The number of para-hydroxylation sites is 2. The van der Waals surface area contributed by atoms with Crippen molar-refractivity contribution in [1.82, 2.24) is 19.7 Å². The smallest absolute Gasteiger partial charge is 0.261 e. The summed E-state index contributed by atoms with van der Waals surface area (Å²) >= 11 is 0. The number of nitriles is 1. The lowest BCUT2D eigenvalue weighted by Gasteiger charge is -2.12. The lowest BCUT2D eigenvalue weighted by molar-refractivity contribution is -0.116. The van der Waals surface area contributed by atoms with E-state index >= 15 is 0 Å². The van der Waals surface area contributed by atoms with Crippen molar-refractivity contribution >= 4 is 22.6 Å². The Labute approximate surface area is 188 Å². The Bertz CT molecular complexity index is 1400.